The second-order valence-corrected chi connectivity index (χ2v) is 9.33. The molecule has 1 aromatic carbocycles. The lowest BCUT2D eigenvalue weighted by Crippen LogP contribution is -2.47. The summed E-state index contributed by atoms with van der Waals surface area (Å²) in [7, 11) is 0. The molecule has 5 rings (SSSR count). The van der Waals surface area contributed by atoms with E-state index in [1.54, 1.807) is 22.3 Å². The first-order chi connectivity index (χ1) is 14.4. The van der Waals surface area contributed by atoms with E-state index in [9.17, 15) is 9.59 Å². The molecule has 2 fully saturated rings. The Balaban J connectivity index is 1.41. The molecule has 1 aliphatic heterocycles. The van der Waals surface area contributed by atoms with Gasteiger partial charge in [-0.1, -0.05) is 6.07 Å². The number of aryl methyl sites for hydroxylation is 1. The number of aromatic nitrogens is 2. The van der Waals surface area contributed by atoms with Crippen LogP contribution in [-0.4, -0.2) is 33.2 Å². The maximum atomic E-state index is 13.2. The first kappa shape index (κ1) is 19.0. The quantitative estimate of drug-likeness (QED) is 0.615. The lowest BCUT2D eigenvalue weighted by molar-refractivity contribution is -0.147. The summed E-state index contributed by atoms with van der Waals surface area (Å²) in [6, 6.07) is 7.76. The van der Waals surface area contributed by atoms with Gasteiger partial charge in [0.25, 0.3) is 0 Å². The molecule has 7 nitrogen and oxygen atoms in total. The molecule has 3 N–H and O–H groups in total. The van der Waals surface area contributed by atoms with Gasteiger partial charge in [-0.15, -0.1) is 11.3 Å². The summed E-state index contributed by atoms with van der Waals surface area (Å²) in [5.41, 5.74) is 11.0. The molecule has 2 aliphatic rings. The monoisotopic (exact) mass is 421 g/mol. The van der Waals surface area contributed by atoms with Crippen molar-refractivity contribution in [3.63, 3.8) is 0 Å². The Morgan fingerprint density at radius 1 is 1.23 bits per heavy atom. The number of nitrogens with zero attached hydrogens (tertiary/aromatic N) is 3. The summed E-state index contributed by atoms with van der Waals surface area (Å²) < 4.78 is 1.12. The number of likely N-dealkylation sites (tertiary alicyclic amines) is 1. The second kappa shape index (κ2) is 7.05. The number of nitrogens with two attached hydrogens (primary N) is 1. The van der Waals surface area contributed by atoms with Gasteiger partial charge >= 0.3 is 11.8 Å². The predicted octanol–water partition coefficient (Wildman–Crippen LogP) is 3.66. The van der Waals surface area contributed by atoms with Crippen LogP contribution in [-0.2, 0) is 9.59 Å². The zero-order chi connectivity index (χ0) is 20.9. The fourth-order valence-corrected chi connectivity index (χ4v) is 5.00. The Bertz CT molecular complexity index is 1150. The predicted molar refractivity (Wildman–Crippen MR) is 117 cm³/mol. The summed E-state index contributed by atoms with van der Waals surface area (Å²) in [5.74, 6) is -0.735. The van der Waals surface area contributed by atoms with E-state index in [1.807, 2.05) is 18.5 Å². The highest BCUT2D eigenvalue weighted by Gasteiger charge is 2.50. The lowest BCUT2D eigenvalue weighted by Gasteiger charge is -2.40. The SMILES string of the molecule is Cc1cc(NC(=O)C(=O)N2CC3(CCC2c2ccc4scnc4c2)CC3)cnc1N. The molecule has 1 saturated heterocycles. The molecular weight excluding hydrogens is 398 g/mol. The molecule has 1 unspecified atom stereocenters. The Morgan fingerprint density at radius 3 is 2.83 bits per heavy atom. The van der Waals surface area contributed by atoms with Gasteiger partial charge in [0.1, 0.15) is 5.82 Å². The van der Waals surface area contributed by atoms with Crippen LogP contribution in [0.5, 0.6) is 0 Å². The molecular formula is C22H23N5O2S. The van der Waals surface area contributed by atoms with E-state index in [1.165, 1.54) is 6.20 Å². The number of pyridine rings is 1. The van der Waals surface area contributed by atoms with E-state index in [0.717, 1.165) is 47.0 Å². The summed E-state index contributed by atoms with van der Waals surface area (Å²) in [4.78, 5) is 36.3. The van der Waals surface area contributed by atoms with Crippen LogP contribution in [0.2, 0.25) is 0 Å². The van der Waals surface area contributed by atoms with Crippen molar-refractivity contribution in [2.75, 3.05) is 17.6 Å². The standard InChI is InChI=1S/C22H23N5O2S/c1-13-8-15(10-24-19(13)23)26-20(28)21(29)27-11-22(6-7-22)5-4-17(27)14-2-3-18-16(9-14)25-12-30-18/h2-3,8-10,12,17H,4-7,11H2,1H3,(H2,23,24)(H,26,28). The molecule has 1 spiro atoms. The maximum absolute atomic E-state index is 13.2. The van der Waals surface area contributed by atoms with Gasteiger partial charge in [-0.05, 0) is 67.3 Å². The second-order valence-electron chi connectivity index (χ2n) is 8.45. The Kier molecular flexibility index (Phi) is 4.47. The highest BCUT2D eigenvalue weighted by atomic mass is 32.1. The average Bonchev–Trinajstić information content (AvgIpc) is 3.31. The summed E-state index contributed by atoms with van der Waals surface area (Å²) >= 11 is 1.60. The van der Waals surface area contributed by atoms with Crippen LogP contribution in [0.1, 0.15) is 42.9 Å². The molecule has 2 amide bonds. The van der Waals surface area contributed by atoms with Gasteiger partial charge < -0.3 is 16.0 Å². The highest BCUT2D eigenvalue weighted by Crippen LogP contribution is 2.55. The van der Waals surface area contributed by atoms with Crippen molar-refractivity contribution in [2.24, 2.45) is 5.41 Å². The zero-order valence-electron chi connectivity index (χ0n) is 16.7. The number of benzene rings is 1. The number of carbonyl (C=O) groups excluding carboxylic acids is 2. The third-order valence-corrected chi connectivity index (χ3v) is 7.17. The molecule has 2 aromatic heterocycles. The number of nitrogen functional groups attached to an aromatic ring is 1. The third kappa shape index (κ3) is 3.41. The molecule has 1 atom stereocenters. The smallest absolute Gasteiger partial charge is 0.313 e. The molecule has 1 aliphatic carbocycles. The maximum Gasteiger partial charge on any atom is 0.313 e. The number of rotatable bonds is 2. The van der Waals surface area contributed by atoms with Crippen molar-refractivity contribution in [2.45, 2.75) is 38.6 Å². The van der Waals surface area contributed by atoms with Gasteiger partial charge in [0, 0.05) is 6.54 Å². The molecule has 0 radical (unpaired) electrons. The van der Waals surface area contributed by atoms with E-state index >= 15 is 0 Å². The molecule has 3 heterocycles. The minimum absolute atomic E-state index is 0.119. The normalized spacial score (nSPS) is 19.8. The van der Waals surface area contributed by atoms with Crippen LogP contribution in [0.25, 0.3) is 10.2 Å². The van der Waals surface area contributed by atoms with Crippen molar-refractivity contribution in [1.82, 2.24) is 14.9 Å². The van der Waals surface area contributed by atoms with E-state index < -0.39 is 11.8 Å². The fourth-order valence-electron chi connectivity index (χ4n) is 4.35. The number of nitrogens with one attached hydrogen (secondary N) is 1. The molecule has 0 bridgehead atoms. The van der Waals surface area contributed by atoms with Crippen LogP contribution in [0.15, 0.2) is 36.0 Å². The minimum Gasteiger partial charge on any atom is -0.383 e. The number of amides is 2. The van der Waals surface area contributed by atoms with Gasteiger partial charge in [-0.3, -0.25) is 9.59 Å². The van der Waals surface area contributed by atoms with Crippen molar-refractivity contribution in [1.29, 1.82) is 0 Å². The van der Waals surface area contributed by atoms with Gasteiger partial charge in [0.15, 0.2) is 0 Å². The van der Waals surface area contributed by atoms with Crippen LogP contribution in [0.4, 0.5) is 11.5 Å². The number of piperidine rings is 1. The largest absolute Gasteiger partial charge is 0.383 e. The highest BCUT2D eigenvalue weighted by molar-refractivity contribution is 7.16. The summed E-state index contributed by atoms with van der Waals surface area (Å²) in [6.45, 7) is 2.43. The Morgan fingerprint density at radius 2 is 2.07 bits per heavy atom. The first-order valence-corrected chi connectivity index (χ1v) is 11.0. The topological polar surface area (TPSA) is 101 Å². The van der Waals surface area contributed by atoms with E-state index in [-0.39, 0.29) is 11.5 Å². The number of fused-ring (bicyclic) bond motifs is 1. The average molecular weight is 422 g/mol. The molecule has 1 saturated carbocycles. The van der Waals surface area contributed by atoms with E-state index in [4.69, 9.17) is 5.73 Å². The van der Waals surface area contributed by atoms with Crippen LogP contribution in [0.3, 0.4) is 0 Å². The number of carbonyl (C=O) groups is 2. The number of anilines is 2. The first-order valence-electron chi connectivity index (χ1n) is 10.1. The van der Waals surface area contributed by atoms with E-state index in [2.05, 4.69) is 27.4 Å². The minimum atomic E-state index is -0.640. The van der Waals surface area contributed by atoms with Gasteiger partial charge in [0.2, 0.25) is 0 Å². The van der Waals surface area contributed by atoms with Gasteiger partial charge in [-0.2, -0.15) is 0 Å². The molecule has 3 aromatic rings. The Labute approximate surface area is 178 Å². The molecule has 30 heavy (non-hydrogen) atoms. The van der Waals surface area contributed by atoms with Gasteiger partial charge in [-0.25, -0.2) is 9.97 Å². The van der Waals surface area contributed by atoms with Crippen molar-refractivity contribution in [3.8, 4) is 0 Å². The van der Waals surface area contributed by atoms with Gasteiger partial charge in [0.05, 0.1) is 33.7 Å². The van der Waals surface area contributed by atoms with Crippen molar-refractivity contribution in [3.05, 3.63) is 47.1 Å². The molecule has 8 heteroatoms. The summed E-state index contributed by atoms with van der Waals surface area (Å²) in [5, 5.41) is 2.69. The van der Waals surface area contributed by atoms with Crippen molar-refractivity contribution >= 4 is 44.9 Å². The zero-order valence-corrected chi connectivity index (χ0v) is 17.5. The third-order valence-electron chi connectivity index (χ3n) is 6.36. The van der Waals surface area contributed by atoms with Crippen LogP contribution >= 0.6 is 11.3 Å². The van der Waals surface area contributed by atoms with Crippen LogP contribution in [0, 0.1) is 12.3 Å². The number of hydrogen-bond acceptors (Lipinski definition) is 6. The Hall–Kier alpha value is -3.00. The van der Waals surface area contributed by atoms with E-state index in [0.29, 0.717) is 18.1 Å². The number of thiazole rings is 1. The summed E-state index contributed by atoms with van der Waals surface area (Å²) in [6.07, 6.45) is 5.66. The number of hydrogen-bond donors (Lipinski definition) is 2. The fraction of sp³-hybridized carbons (Fsp3) is 0.364. The van der Waals surface area contributed by atoms with Crippen molar-refractivity contribution < 1.29 is 9.59 Å². The molecule has 154 valence electrons. The van der Waals surface area contributed by atoms with Crippen LogP contribution < -0.4 is 11.1 Å². The lowest BCUT2D eigenvalue weighted by atomic mass is 9.86.